The molecule has 0 spiro atoms. The molecule has 1 aromatic carbocycles. The molecule has 0 aliphatic heterocycles. The predicted molar refractivity (Wildman–Crippen MR) is 43.1 cm³/mol. The number of halogens is 2. The first kappa shape index (κ1) is 7.53. The highest BCUT2D eigenvalue weighted by Crippen LogP contribution is 2.45. The molecule has 0 heterocycles. The Kier molecular flexibility index (Phi) is 1.53. The van der Waals surface area contributed by atoms with Gasteiger partial charge in [-0.1, -0.05) is 22.7 Å². The first-order chi connectivity index (χ1) is 5.72. The Balaban J connectivity index is 2.20. The number of alkyl halides is 1. The molecule has 0 radical (unpaired) electrons. The summed E-state index contributed by atoms with van der Waals surface area (Å²) in [5.41, 5.74) is 0.289. The summed E-state index contributed by atoms with van der Waals surface area (Å²) in [6.07, 6.45) is 0.580. The third-order valence-electron chi connectivity index (χ3n) is 2.00. The fraction of sp³-hybridized carbons (Fsp3) is 0.333. The maximum atomic E-state index is 13.2. The number of hydrogen-bond acceptors (Lipinski definition) is 1. The van der Waals surface area contributed by atoms with Crippen LogP contribution in [0.1, 0.15) is 12.8 Å². The molecule has 0 atom stereocenters. The third kappa shape index (κ3) is 1.15. The largest absolute Gasteiger partial charge is 0.217 e. The fourth-order valence-electron chi connectivity index (χ4n) is 1.09. The van der Waals surface area contributed by atoms with Crippen molar-refractivity contribution in [2.24, 2.45) is 0 Å². The standard InChI is InChI=1S/C9H9F2N/c10-9(6-7-9)12(11)8-4-2-1-3-5-8/h1-5H,6-7H2. The molecular formula is C9H9F2N. The second kappa shape index (κ2) is 2.44. The van der Waals surface area contributed by atoms with Crippen molar-refractivity contribution in [1.82, 2.24) is 0 Å². The summed E-state index contributed by atoms with van der Waals surface area (Å²) in [4.78, 5) is 0. The zero-order valence-electron chi connectivity index (χ0n) is 6.50. The van der Waals surface area contributed by atoms with E-state index in [9.17, 15) is 8.87 Å². The van der Waals surface area contributed by atoms with Crippen LogP contribution in [0.15, 0.2) is 30.3 Å². The Labute approximate surface area is 69.5 Å². The molecular weight excluding hydrogens is 160 g/mol. The average molecular weight is 169 g/mol. The van der Waals surface area contributed by atoms with Crippen LogP contribution in [0, 0.1) is 0 Å². The van der Waals surface area contributed by atoms with Crippen LogP contribution in [-0.2, 0) is 0 Å². The number of para-hydroxylation sites is 1. The second-order valence-electron chi connectivity index (χ2n) is 3.03. The van der Waals surface area contributed by atoms with Crippen LogP contribution in [0.25, 0.3) is 0 Å². The van der Waals surface area contributed by atoms with Crippen LogP contribution in [0.5, 0.6) is 0 Å². The topological polar surface area (TPSA) is 3.24 Å². The Morgan fingerprint density at radius 1 is 1.17 bits per heavy atom. The number of hydrogen-bond donors (Lipinski definition) is 0. The number of anilines is 1. The summed E-state index contributed by atoms with van der Waals surface area (Å²) in [7, 11) is 0. The molecule has 0 amide bonds. The van der Waals surface area contributed by atoms with Crippen molar-refractivity contribution in [3.8, 4) is 0 Å². The molecule has 64 valence electrons. The minimum absolute atomic E-state index is 0.215. The Bertz CT molecular complexity index is 269. The Morgan fingerprint density at radius 3 is 2.25 bits per heavy atom. The lowest BCUT2D eigenvalue weighted by Crippen LogP contribution is -2.24. The van der Waals surface area contributed by atoms with Crippen molar-refractivity contribution < 1.29 is 8.87 Å². The van der Waals surface area contributed by atoms with Gasteiger partial charge in [-0.25, -0.2) is 4.39 Å². The van der Waals surface area contributed by atoms with E-state index in [1.807, 2.05) is 0 Å². The van der Waals surface area contributed by atoms with E-state index < -0.39 is 5.79 Å². The van der Waals surface area contributed by atoms with E-state index in [1.54, 1.807) is 30.3 Å². The first-order valence-corrected chi connectivity index (χ1v) is 3.92. The summed E-state index contributed by atoms with van der Waals surface area (Å²) in [5, 5.41) is 0.215. The molecule has 3 heteroatoms. The summed E-state index contributed by atoms with van der Waals surface area (Å²) in [5.74, 6) is -1.72. The molecule has 12 heavy (non-hydrogen) atoms. The normalized spacial score (nSPS) is 18.8. The second-order valence-corrected chi connectivity index (χ2v) is 3.03. The molecule has 0 N–H and O–H groups in total. The maximum Gasteiger partial charge on any atom is 0.211 e. The zero-order chi connectivity index (χ0) is 8.60. The van der Waals surface area contributed by atoms with E-state index in [1.165, 1.54) is 0 Å². The molecule has 1 aliphatic carbocycles. The van der Waals surface area contributed by atoms with Gasteiger partial charge < -0.3 is 0 Å². The van der Waals surface area contributed by atoms with Crippen LogP contribution in [0.2, 0.25) is 0 Å². The molecule has 1 saturated carbocycles. The maximum absolute atomic E-state index is 13.2. The van der Waals surface area contributed by atoms with Crippen molar-refractivity contribution >= 4 is 5.69 Å². The van der Waals surface area contributed by atoms with Crippen LogP contribution in [-0.4, -0.2) is 5.79 Å². The van der Waals surface area contributed by atoms with Gasteiger partial charge in [0.05, 0.1) is 5.69 Å². The smallest absolute Gasteiger partial charge is 0.211 e. The van der Waals surface area contributed by atoms with Crippen LogP contribution in [0.3, 0.4) is 0 Å². The third-order valence-corrected chi connectivity index (χ3v) is 2.00. The van der Waals surface area contributed by atoms with Gasteiger partial charge in [0, 0.05) is 12.8 Å². The van der Waals surface area contributed by atoms with Gasteiger partial charge >= 0.3 is 0 Å². The quantitative estimate of drug-likeness (QED) is 0.486. The molecule has 1 aromatic rings. The molecule has 2 rings (SSSR count). The lowest BCUT2D eigenvalue weighted by Gasteiger charge is -2.16. The van der Waals surface area contributed by atoms with Gasteiger partial charge in [-0.15, -0.1) is 0 Å². The SMILES string of the molecule is FN(c1ccccc1)C1(F)CC1. The van der Waals surface area contributed by atoms with Crippen LogP contribution in [0.4, 0.5) is 14.6 Å². The average Bonchev–Trinajstić information content (AvgIpc) is 2.85. The molecule has 0 aromatic heterocycles. The Morgan fingerprint density at radius 2 is 1.75 bits per heavy atom. The highest BCUT2D eigenvalue weighted by molar-refractivity contribution is 5.46. The summed E-state index contributed by atoms with van der Waals surface area (Å²) < 4.78 is 26.3. The molecule has 0 unspecified atom stereocenters. The molecule has 1 nitrogen and oxygen atoms in total. The fourth-order valence-corrected chi connectivity index (χ4v) is 1.09. The lowest BCUT2D eigenvalue weighted by atomic mass is 10.3. The number of rotatable bonds is 2. The lowest BCUT2D eigenvalue weighted by molar-refractivity contribution is 0.203. The summed E-state index contributed by atoms with van der Waals surface area (Å²) in [6.45, 7) is 0. The van der Waals surface area contributed by atoms with Gasteiger partial charge in [-0.3, -0.25) is 0 Å². The van der Waals surface area contributed by atoms with Crippen LogP contribution >= 0.6 is 0 Å². The summed E-state index contributed by atoms with van der Waals surface area (Å²) >= 11 is 0. The highest BCUT2D eigenvalue weighted by Gasteiger charge is 2.50. The van der Waals surface area contributed by atoms with Crippen molar-refractivity contribution in [1.29, 1.82) is 0 Å². The zero-order valence-corrected chi connectivity index (χ0v) is 6.50. The van der Waals surface area contributed by atoms with E-state index >= 15 is 0 Å². The van der Waals surface area contributed by atoms with Gasteiger partial charge in [0.1, 0.15) is 0 Å². The highest BCUT2D eigenvalue weighted by atomic mass is 19.2. The van der Waals surface area contributed by atoms with Gasteiger partial charge in [0.2, 0.25) is 5.79 Å². The number of nitrogens with zero attached hydrogens (tertiary/aromatic N) is 1. The van der Waals surface area contributed by atoms with Gasteiger partial charge in [-0.05, 0) is 12.1 Å². The van der Waals surface area contributed by atoms with Crippen molar-refractivity contribution in [2.75, 3.05) is 5.12 Å². The number of benzene rings is 1. The van der Waals surface area contributed by atoms with E-state index in [0.717, 1.165) is 0 Å². The van der Waals surface area contributed by atoms with Crippen molar-refractivity contribution in [3.05, 3.63) is 30.3 Å². The van der Waals surface area contributed by atoms with E-state index in [2.05, 4.69) is 0 Å². The van der Waals surface area contributed by atoms with Crippen molar-refractivity contribution in [3.63, 3.8) is 0 Å². The van der Waals surface area contributed by atoms with E-state index in [4.69, 9.17) is 0 Å². The predicted octanol–water partition coefficient (Wildman–Crippen LogP) is 2.84. The molecule has 1 fully saturated rings. The van der Waals surface area contributed by atoms with Crippen LogP contribution < -0.4 is 5.12 Å². The molecule has 1 aliphatic rings. The van der Waals surface area contributed by atoms with Gasteiger partial charge in [-0.2, -0.15) is 5.12 Å². The van der Waals surface area contributed by atoms with E-state index in [0.29, 0.717) is 12.8 Å². The minimum Gasteiger partial charge on any atom is -0.217 e. The van der Waals surface area contributed by atoms with Gasteiger partial charge in [0.25, 0.3) is 0 Å². The van der Waals surface area contributed by atoms with Gasteiger partial charge in [0.15, 0.2) is 0 Å². The molecule has 0 bridgehead atoms. The monoisotopic (exact) mass is 169 g/mol. The van der Waals surface area contributed by atoms with E-state index in [-0.39, 0.29) is 10.8 Å². The minimum atomic E-state index is -1.72. The summed E-state index contributed by atoms with van der Waals surface area (Å²) in [6, 6.07) is 8.26. The van der Waals surface area contributed by atoms with Crippen molar-refractivity contribution in [2.45, 2.75) is 18.6 Å². The molecule has 0 saturated heterocycles. The Hall–Kier alpha value is -1.12. The first-order valence-electron chi connectivity index (χ1n) is 3.92.